The molecule has 4 nitrogen and oxygen atoms in total. The summed E-state index contributed by atoms with van der Waals surface area (Å²) in [5, 5.41) is 3.30. The lowest BCUT2D eigenvalue weighted by atomic mass is 9.94. The Kier molecular flexibility index (Phi) is 3.22. The monoisotopic (exact) mass is 226 g/mol. The van der Waals surface area contributed by atoms with Gasteiger partial charge in [0.25, 0.3) is 5.91 Å². The van der Waals surface area contributed by atoms with Gasteiger partial charge in [-0.25, -0.2) is 5.48 Å². The van der Waals surface area contributed by atoms with Crippen LogP contribution in [0, 0.1) is 11.8 Å². The lowest BCUT2D eigenvalue weighted by molar-refractivity contribution is -0.148. The van der Waals surface area contributed by atoms with Gasteiger partial charge in [0.05, 0.1) is 11.6 Å². The molecule has 2 aliphatic rings. The second-order valence-electron chi connectivity index (χ2n) is 5.92. The molecule has 1 saturated carbocycles. The first-order valence-electron chi connectivity index (χ1n) is 6.18. The predicted octanol–water partition coefficient (Wildman–Crippen LogP) is 1.22. The molecule has 1 aliphatic heterocycles. The number of hydroxylamine groups is 1. The van der Waals surface area contributed by atoms with Gasteiger partial charge in [-0.2, -0.15) is 0 Å². The molecule has 0 radical (unpaired) electrons. The first-order valence-corrected chi connectivity index (χ1v) is 6.18. The van der Waals surface area contributed by atoms with E-state index in [-0.39, 0.29) is 17.6 Å². The summed E-state index contributed by atoms with van der Waals surface area (Å²) in [4.78, 5) is 17.2. The highest BCUT2D eigenvalue weighted by molar-refractivity contribution is 5.81. The number of rotatable bonds is 2. The van der Waals surface area contributed by atoms with E-state index in [2.05, 4.69) is 10.8 Å². The number of carbonyl (C=O) groups excluding carboxylic acids is 1. The van der Waals surface area contributed by atoms with Gasteiger partial charge in [0.2, 0.25) is 0 Å². The summed E-state index contributed by atoms with van der Waals surface area (Å²) < 4.78 is 0. The second-order valence-corrected chi connectivity index (χ2v) is 5.92. The number of hydrogen-bond donors (Lipinski definition) is 2. The van der Waals surface area contributed by atoms with Crippen LogP contribution >= 0.6 is 0 Å². The zero-order chi connectivity index (χ0) is 11.8. The summed E-state index contributed by atoms with van der Waals surface area (Å²) in [7, 11) is 0. The molecule has 1 amide bonds. The summed E-state index contributed by atoms with van der Waals surface area (Å²) >= 11 is 0. The average molecular weight is 226 g/mol. The lowest BCUT2D eigenvalue weighted by Crippen LogP contribution is -2.46. The third-order valence-corrected chi connectivity index (χ3v) is 3.49. The maximum absolute atomic E-state index is 11.9. The van der Waals surface area contributed by atoms with Crippen LogP contribution in [0.3, 0.4) is 0 Å². The number of nitrogens with one attached hydrogen (secondary N) is 2. The standard InChI is InChI=1S/C12H22N2O2/c1-12(2,3)16-14-11(15)10-9-6-4-5-8(9)7-13-10/h8-10,13H,4-7H2,1-3H3,(H,14,15). The normalized spacial score (nSPS) is 33.8. The quantitative estimate of drug-likeness (QED) is 0.696. The molecule has 0 aromatic carbocycles. The van der Waals surface area contributed by atoms with Crippen molar-refractivity contribution >= 4 is 5.91 Å². The molecule has 0 aromatic rings. The summed E-state index contributed by atoms with van der Waals surface area (Å²) in [5.74, 6) is 1.21. The van der Waals surface area contributed by atoms with Gasteiger partial charge < -0.3 is 5.32 Å². The lowest BCUT2D eigenvalue weighted by Gasteiger charge is -2.22. The highest BCUT2D eigenvalue weighted by Gasteiger charge is 2.42. The fraction of sp³-hybridized carbons (Fsp3) is 0.917. The molecule has 3 unspecified atom stereocenters. The number of amides is 1. The van der Waals surface area contributed by atoms with Crippen LogP contribution in [0.5, 0.6) is 0 Å². The van der Waals surface area contributed by atoms with Crippen LogP contribution in [0.25, 0.3) is 0 Å². The van der Waals surface area contributed by atoms with Crippen molar-refractivity contribution in [3.05, 3.63) is 0 Å². The maximum atomic E-state index is 11.9. The van der Waals surface area contributed by atoms with E-state index in [1.807, 2.05) is 20.8 Å². The van der Waals surface area contributed by atoms with Crippen molar-refractivity contribution in [2.24, 2.45) is 11.8 Å². The van der Waals surface area contributed by atoms with E-state index in [1.165, 1.54) is 19.3 Å². The van der Waals surface area contributed by atoms with E-state index >= 15 is 0 Å². The summed E-state index contributed by atoms with van der Waals surface area (Å²) in [5.41, 5.74) is 2.25. The molecule has 92 valence electrons. The molecule has 2 fully saturated rings. The average Bonchev–Trinajstić information content (AvgIpc) is 2.73. The van der Waals surface area contributed by atoms with Gasteiger partial charge >= 0.3 is 0 Å². The van der Waals surface area contributed by atoms with Gasteiger partial charge in [-0.1, -0.05) is 6.42 Å². The van der Waals surface area contributed by atoms with Crippen molar-refractivity contribution in [1.29, 1.82) is 0 Å². The van der Waals surface area contributed by atoms with Crippen LogP contribution in [0.4, 0.5) is 0 Å². The molecule has 0 aromatic heterocycles. The molecule has 4 heteroatoms. The van der Waals surface area contributed by atoms with E-state index in [1.54, 1.807) is 0 Å². The Hall–Kier alpha value is -0.610. The minimum atomic E-state index is -0.330. The van der Waals surface area contributed by atoms with Crippen molar-refractivity contribution in [3.8, 4) is 0 Å². The molecule has 1 saturated heterocycles. The first kappa shape index (κ1) is 11.9. The first-order chi connectivity index (χ1) is 7.47. The number of hydrogen-bond acceptors (Lipinski definition) is 3. The third kappa shape index (κ3) is 2.55. The molecule has 0 spiro atoms. The molecule has 2 rings (SSSR count). The molecular formula is C12H22N2O2. The highest BCUT2D eigenvalue weighted by Crippen LogP contribution is 2.37. The largest absolute Gasteiger partial charge is 0.305 e. The van der Waals surface area contributed by atoms with Crippen molar-refractivity contribution in [1.82, 2.24) is 10.8 Å². The Morgan fingerprint density at radius 1 is 1.38 bits per heavy atom. The van der Waals surface area contributed by atoms with Crippen molar-refractivity contribution in [2.75, 3.05) is 6.54 Å². The Balaban J connectivity index is 1.86. The van der Waals surface area contributed by atoms with Gasteiger partial charge in [-0.3, -0.25) is 9.63 Å². The van der Waals surface area contributed by atoms with Crippen LogP contribution in [-0.2, 0) is 9.63 Å². The third-order valence-electron chi connectivity index (χ3n) is 3.49. The molecule has 1 aliphatic carbocycles. The van der Waals surface area contributed by atoms with Gasteiger partial charge in [-0.05, 0) is 52.0 Å². The Labute approximate surface area is 97.1 Å². The fourth-order valence-corrected chi connectivity index (χ4v) is 2.74. The summed E-state index contributed by atoms with van der Waals surface area (Å²) in [6, 6.07) is -0.0464. The van der Waals surface area contributed by atoms with Crippen LogP contribution in [0.2, 0.25) is 0 Å². The highest BCUT2D eigenvalue weighted by atomic mass is 16.7. The minimum Gasteiger partial charge on any atom is -0.305 e. The number of fused-ring (bicyclic) bond motifs is 1. The van der Waals surface area contributed by atoms with Crippen LogP contribution in [-0.4, -0.2) is 24.1 Å². The molecule has 1 heterocycles. The predicted molar refractivity (Wildman–Crippen MR) is 61.6 cm³/mol. The summed E-state index contributed by atoms with van der Waals surface area (Å²) in [6.07, 6.45) is 3.70. The van der Waals surface area contributed by atoms with E-state index < -0.39 is 0 Å². The van der Waals surface area contributed by atoms with E-state index in [0.29, 0.717) is 11.8 Å². The fourth-order valence-electron chi connectivity index (χ4n) is 2.74. The zero-order valence-electron chi connectivity index (χ0n) is 10.4. The van der Waals surface area contributed by atoms with E-state index in [0.717, 1.165) is 6.54 Å². The smallest absolute Gasteiger partial charge is 0.260 e. The van der Waals surface area contributed by atoms with Crippen molar-refractivity contribution in [2.45, 2.75) is 51.7 Å². The van der Waals surface area contributed by atoms with Gasteiger partial charge in [0.1, 0.15) is 0 Å². The van der Waals surface area contributed by atoms with Crippen molar-refractivity contribution < 1.29 is 9.63 Å². The van der Waals surface area contributed by atoms with Gasteiger partial charge in [0.15, 0.2) is 0 Å². The molecule has 16 heavy (non-hydrogen) atoms. The Morgan fingerprint density at radius 3 is 2.81 bits per heavy atom. The molecular weight excluding hydrogens is 204 g/mol. The van der Waals surface area contributed by atoms with E-state index in [9.17, 15) is 4.79 Å². The van der Waals surface area contributed by atoms with Crippen molar-refractivity contribution in [3.63, 3.8) is 0 Å². The van der Waals surface area contributed by atoms with Gasteiger partial charge in [0, 0.05) is 0 Å². The van der Waals surface area contributed by atoms with Crippen LogP contribution < -0.4 is 10.8 Å². The maximum Gasteiger partial charge on any atom is 0.260 e. The number of carbonyl (C=O) groups is 1. The topological polar surface area (TPSA) is 50.4 Å². The summed E-state index contributed by atoms with van der Waals surface area (Å²) in [6.45, 7) is 6.76. The van der Waals surface area contributed by atoms with E-state index in [4.69, 9.17) is 4.84 Å². The van der Waals surface area contributed by atoms with Crippen LogP contribution in [0.1, 0.15) is 40.0 Å². The SMILES string of the molecule is CC(C)(C)ONC(=O)C1NCC2CCCC21. The van der Waals surface area contributed by atoms with Crippen LogP contribution in [0.15, 0.2) is 0 Å². The molecule has 0 bridgehead atoms. The second kappa shape index (κ2) is 4.34. The Morgan fingerprint density at radius 2 is 2.12 bits per heavy atom. The molecule has 3 atom stereocenters. The zero-order valence-corrected chi connectivity index (χ0v) is 10.4. The minimum absolute atomic E-state index is 0.00988. The Bertz CT molecular complexity index is 273. The van der Waals surface area contributed by atoms with Gasteiger partial charge in [-0.15, -0.1) is 0 Å². The molecule has 2 N–H and O–H groups in total.